The Morgan fingerprint density at radius 2 is 2.17 bits per heavy atom. The molecule has 0 aromatic rings. The van der Waals surface area contributed by atoms with Crippen molar-refractivity contribution in [1.29, 1.82) is 5.26 Å². The number of carbonyl (C=O) groups is 1. The number of aliphatic carboxylic acids is 1. The van der Waals surface area contributed by atoms with Crippen molar-refractivity contribution >= 4 is 5.97 Å². The number of hydrogen-bond acceptors (Lipinski definition) is 4. The number of morpholine rings is 1. The molecule has 0 aliphatic carbocycles. The molecule has 0 saturated carbocycles. The first kappa shape index (κ1) is 8.97. The SMILES string of the molecule is N#CC(C(=O)O)N1CCOCC1. The number of hydrogen-bond donors (Lipinski definition) is 1. The molecule has 1 unspecified atom stereocenters. The van der Waals surface area contributed by atoms with Crippen LogP contribution in [0.3, 0.4) is 0 Å². The van der Waals surface area contributed by atoms with Crippen LogP contribution in [-0.4, -0.2) is 48.3 Å². The Kier molecular flexibility index (Phi) is 3.02. The zero-order chi connectivity index (χ0) is 8.97. The van der Waals surface area contributed by atoms with Gasteiger partial charge in [-0.05, 0) is 0 Å². The zero-order valence-corrected chi connectivity index (χ0v) is 6.56. The van der Waals surface area contributed by atoms with Gasteiger partial charge in [-0.15, -0.1) is 0 Å². The monoisotopic (exact) mass is 170 g/mol. The van der Waals surface area contributed by atoms with Crippen LogP contribution in [0.4, 0.5) is 0 Å². The van der Waals surface area contributed by atoms with E-state index in [4.69, 9.17) is 15.1 Å². The fourth-order valence-electron chi connectivity index (χ4n) is 1.13. The van der Waals surface area contributed by atoms with E-state index in [9.17, 15) is 4.79 Å². The summed E-state index contributed by atoms with van der Waals surface area (Å²) >= 11 is 0. The van der Waals surface area contributed by atoms with Crippen molar-refractivity contribution in [3.05, 3.63) is 0 Å². The van der Waals surface area contributed by atoms with Crippen LogP contribution in [-0.2, 0) is 9.53 Å². The molecule has 1 aliphatic rings. The Morgan fingerprint density at radius 1 is 1.58 bits per heavy atom. The van der Waals surface area contributed by atoms with E-state index in [1.807, 2.05) is 0 Å². The molecule has 0 aromatic carbocycles. The van der Waals surface area contributed by atoms with Crippen LogP contribution < -0.4 is 0 Å². The average Bonchev–Trinajstić information content (AvgIpc) is 2.07. The van der Waals surface area contributed by atoms with Crippen LogP contribution in [0.5, 0.6) is 0 Å². The second-order valence-corrected chi connectivity index (χ2v) is 2.52. The first-order valence-electron chi connectivity index (χ1n) is 3.70. The maximum absolute atomic E-state index is 10.5. The molecule has 1 aliphatic heterocycles. The van der Waals surface area contributed by atoms with E-state index in [2.05, 4.69) is 0 Å². The van der Waals surface area contributed by atoms with Gasteiger partial charge in [-0.1, -0.05) is 0 Å². The molecule has 0 aromatic heterocycles. The number of nitrogens with zero attached hydrogens (tertiary/aromatic N) is 2. The lowest BCUT2D eigenvalue weighted by Gasteiger charge is -2.27. The molecule has 1 N–H and O–H groups in total. The third kappa shape index (κ3) is 1.94. The van der Waals surface area contributed by atoms with Gasteiger partial charge in [0.2, 0.25) is 0 Å². The Morgan fingerprint density at radius 3 is 2.58 bits per heavy atom. The molecular weight excluding hydrogens is 160 g/mol. The molecule has 1 rings (SSSR count). The van der Waals surface area contributed by atoms with Crippen molar-refractivity contribution in [3.63, 3.8) is 0 Å². The Balaban J connectivity index is 2.53. The fourth-order valence-corrected chi connectivity index (χ4v) is 1.13. The first-order valence-corrected chi connectivity index (χ1v) is 3.70. The molecule has 0 amide bonds. The predicted molar refractivity (Wildman–Crippen MR) is 39.4 cm³/mol. The van der Waals surface area contributed by atoms with Gasteiger partial charge in [0.15, 0.2) is 6.04 Å². The highest BCUT2D eigenvalue weighted by Crippen LogP contribution is 2.02. The molecule has 66 valence electrons. The molecule has 5 heteroatoms. The van der Waals surface area contributed by atoms with Gasteiger partial charge in [0.05, 0.1) is 19.3 Å². The lowest BCUT2D eigenvalue weighted by atomic mass is 10.2. The van der Waals surface area contributed by atoms with Crippen LogP contribution in [0, 0.1) is 11.3 Å². The average molecular weight is 170 g/mol. The van der Waals surface area contributed by atoms with Gasteiger partial charge in [-0.25, -0.2) is 4.79 Å². The maximum Gasteiger partial charge on any atom is 0.335 e. The summed E-state index contributed by atoms with van der Waals surface area (Å²) in [5.74, 6) is -1.08. The number of rotatable bonds is 2. The molecule has 1 fully saturated rings. The molecule has 0 spiro atoms. The molecule has 1 heterocycles. The van der Waals surface area contributed by atoms with Crippen LogP contribution in [0.1, 0.15) is 0 Å². The van der Waals surface area contributed by atoms with E-state index < -0.39 is 12.0 Å². The predicted octanol–water partition coefficient (Wildman–Crippen LogP) is -0.705. The quantitative estimate of drug-likeness (QED) is 0.593. The third-order valence-corrected chi connectivity index (χ3v) is 1.77. The van der Waals surface area contributed by atoms with Crippen molar-refractivity contribution in [3.8, 4) is 6.07 Å². The van der Waals surface area contributed by atoms with Gasteiger partial charge < -0.3 is 9.84 Å². The van der Waals surface area contributed by atoms with Crippen molar-refractivity contribution in [1.82, 2.24) is 4.90 Å². The minimum absolute atomic E-state index is 0.505. The molecule has 0 radical (unpaired) electrons. The highest BCUT2D eigenvalue weighted by atomic mass is 16.5. The van der Waals surface area contributed by atoms with Gasteiger partial charge in [0.25, 0.3) is 0 Å². The summed E-state index contributed by atoms with van der Waals surface area (Å²) in [7, 11) is 0. The highest BCUT2D eigenvalue weighted by molar-refractivity contribution is 5.76. The second-order valence-electron chi connectivity index (χ2n) is 2.52. The van der Waals surface area contributed by atoms with Crippen LogP contribution in [0.15, 0.2) is 0 Å². The van der Waals surface area contributed by atoms with Gasteiger partial charge >= 0.3 is 5.97 Å². The second kappa shape index (κ2) is 4.04. The smallest absolute Gasteiger partial charge is 0.335 e. The zero-order valence-electron chi connectivity index (χ0n) is 6.56. The standard InChI is InChI=1S/C7H10N2O3/c8-5-6(7(10)11)9-1-3-12-4-2-9/h6H,1-4H2,(H,10,11). The number of carboxylic acids is 1. The van der Waals surface area contributed by atoms with Gasteiger partial charge in [-0.3, -0.25) is 4.90 Å². The third-order valence-electron chi connectivity index (χ3n) is 1.77. The van der Waals surface area contributed by atoms with Gasteiger partial charge in [-0.2, -0.15) is 5.26 Å². The summed E-state index contributed by atoms with van der Waals surface area (Å²) in [4.78, 5) is 12.1. The maximum atomic E-state index is 10.5. The van der Waals surface area contributed by atoms with E-state index in [1.165, 1.54) is 0 Å². The molecule has 5 nitrogen and oxygen atoms in total. The minimum Gasteiger partial charge on any atom is -0.479 e. The fraction of sp³-hybridized carbons (Fsp3) is 0.714. The van der Waals surface area contributed by atoms with Gasteiger partial charge in [0, 0.05) is 13.1 Å². The minimum atomic E-state index is -1.08. The molecular formula is C7H10N2O3. The first-order chi connectivity index (χ1) is 5.75. The summed E-state index contributed by atoms with van der Waals surface area (Å²) in [6, 6.07) is 0.722. The number of carboxylic acid groups (broad SMARTS) is 1. The van der Waals surface area contributed by atoms with E-state index in [0.29, 0.717) is 26.3 Å². The summed E-state index contributed by atoms with van der Waals surface area (Å²) in [5, 5.41) is 17.2. The summed E-state index contributed by atoms with van der Waals surface area (Å²) in [6.07, 6.45) is 0. The van der Waals surface area contributed by atoms with Crippen LogP contribution in [0.2, 0.25) is 0 Å². The van der Waals surface area contributed by atoms with Crippen molar-refractivity contribution < 1.29 is 14.6 Å². The van der Waals surface area contributed by atoms with Crippen LogP contribution >= 0.6 is 0 Å². The van der Waals surface area contributed by atoms with Crippen LogP contribution in [0.25, 0.3) is 0 Å². The van der Waals surface area contributed by atoms with E-state index in [-0.39, 0.29) is 0 Å². The molecule has 1 atom stereocenters. The Bertz CT molecular complexity index is 205. The number of ether oxygens (including phenoxy) is 1. The van der Waals surface area contributed by atoms with E-state index >= 15 is 0 Å². The molecule has 12 heavy (non-hydrogen) atoms. The summed E-state index contributed by atoms with van der Waals surface area (Å²) in [5.41, 5.74) is 0. The lowest BCUT2D eigenvalue weighted by molar-refractivity contribution is -0.142. The highest BCUT2D eigenvalue weighted by Gasteiger charge is 2.26. The van der Waals surface area contributed by atoms with Gasteiger partial charge in [0.1, 0.15) is 0 Å². The largest absolute Gasteiger partial charge is 0.479 e. The Hall–Kier alpha value is -1.12. The molecule has 1 saturated heterocycles. The summed E-state index contributed by atoms with van der Waals surface area (Å²) < 4.78 is 5.03. The lowest BCUT2D eigenvalue weighted by Crippen LogP contribution is -2.46. The van der Waals surface area contributed by atoms with Crippen molar-refractivity contribution in [2.24, 2.45) is 0 Å². The van der Waals surface area contributed by atoms with Crippen molar-refractivity contribution in [2.75, 3.05) is 26.3 Å². The van der Waals surface area contributed by atoms with E-state index in [1.54, 1.807) is 11.0 Å². The summed E-state index contributed by atoms with van der Waals surface area (Å²) in [6.45, 7) is 2.05. The van der Waals surface area contributed by atoms with Crippen molar-refractivity contribution in [2.45, 2.75) is 6.04 Å². The number of nitriles is 1. The topological polar surface area (TPSA) is 73.6 Å². The normalized spacial score (nSPS) is 21.2. The molecule has 0 bridgehead atoms. The Labute approximate surface area is 70.1 Å². The van der Waals surface area contributed by atoms with E-state index in [0.717, 1.165) is 0 Å².